The van der Waals surface area contributed by atoms with Crippen LogP contribution < -0.4 is 9.47 Å². The number of methoxy groups -OCH3 is 1. The molecule has 0 aliphatic carbocycles. The van der Waals surface area contributed by atoms with E-state index in [2.05, 4.69) is 0 Å². The second-order valence-corrected chi connectivity index (χ2v) is 7.45. The Kier molecular flexibility index (Phi) is 6.05. The Morgan fingerprint density at radius 3 is 2.21 bits per heavy atom. The van der Waals surface area contributed by atoms with E-state index in [9.17, 15) is 9.59 Å². The molecule has 0 aromatic heterocycles. The first-order valence-electron chi connectivity index (χ1n) is 8.62. The highest BCUT2D eigenvalue weighted by Crippen LogP contribution is 2.32. The zero-order valence-electron chi connectivity index (χ0n) is 16.0. The minimum absolute atomic E-state index is 0.142. The number of carbonyl (C=O) groups excluding carboxylic acids is 2. The van der Waals surface area contributed by atoms with Crippen LogP contribution in [-0.4, -0.2) is 24.8 Å². The number of benzene rings is 2. The molecule has 3 rings (SSSR count). The molecule has 0 saturated carbocycles. The molecule has 152 valence electrons. The Labute approximate surface area is 177 Å². The molecule has 1 saturated heterocycles. The number of ether oxygens (including phenoxy) is 4. The summed E-state index contributed by atoms with van der Waals surface area (Å²) in [6, 6.07) is 10.1. The average molecular weight is 437 g/mol. The van der Waals surface area contributed by atoms with E-state index in [4.69, 9.17) is 42.1 Å². The Morgan fingerprint density at radius 1 is 1.00 bits per heavy atom. The van der Waals surface area contributed by atoms with Crippen molar-refractivity contribution in [3.05, 3.63) is 63.1 Å². The van der Waals surface area contributed by atoms with Gasteiger partial charge < -0.3 is 18.9 Å². The molecular formula is C21H18Cl2O6. The van der Waals surface area contributed by atoms with Gasteiger partial charge >= 0.3 is 11.9 Å². The predicted molar refractivity (Wildman–Crippen MR) is 108 cm³/mol. The van der Waals surface area contributed by atoms with Crippen LogP contribution in [0.2, 0.25) is 10.0 Å². The Morgan fingerprint density at radius 2 is 1.62 bits per heavy atom. The van der Waals surface area contributed by atoms with Crippen LogP contribution in [0.1, 0.15) is 25.0 Å². The Bertz CT molecular complexity index is 954. The van der Waals surface area contributed by atoms with Gasteiger partial charge in [-0.1, -0.05) is 35.3 Å². The molecule has 1 aliphatic heterocycles. The van der Waals surface area contributed by atoms with Crippen LogP contribution in [0.4, 0.5) is 0 Å². The van der Waals surface area contributed by atoms with Crippen LogP contribution in [0.3, 0.4) is 0 Å². The maximum atomic E-state index is 12.1. The molecule has 1 heterocycles. The molecular weight excluding hydrogens is 419 g/mol. The van der Waals surface area contributed by atoms with Crippen molar-refractivity contribution in [2.45, 2.75) is 26.2 Å². The number of cyclic esters (lactones) is 2. The van der Waals surface area contributed by atoms with E-state index in [0.717, 1.165) is 0 Å². The minimum Gasteiger partial charge on any atom is -0.493 e. The van der Waals surface area contributed by atoms with E-state index in [1.165, 1.54) is 27.0 Å². The lowest BCUT2D eigenvalue weighted by molar-refractivity contribution is -0.222. The second-order valence-electron chi connectivity index (χ2n) is 6.64. The third-order valence-corrected chi connectivity index (χ3v) is 4.76. The zero-order chi connectivity index (χ0) is 21.2. The first-order chi connectivity index (χ1) is 13.7. The highest BCUT2D eigenvalue weighted by Gasteiger charge is 2.38. The standard InChI is InChI=1S/C21H18Cl2O6/c1-21(2)28-19(24)13(20(25)29-21)9-12-7-8-17(18(10-12)26-3)27-11-14-15(22)5-4-6-16(14)23/h4-10H,11H2,1-3H3. The van der Waals surface area contributed by atoms with Crippen LogP contribution in [0.25, 0.3) is 6.08 Å². The Balaban J connectivity index is 1.82. The van der Waals surface area contributed by atoms with Gasteiger partial charge in [0.15, 0.2) is 11.5 Å². The molecule has 6 nitrogen and oxygen atoms in total. The van der Waals surface area contributed by atoms with Crippen molar-refractivity contribution < 1.29 is 28.5 Å². The van der Waals surface area contributed by atoms with Crippen molar-refractivity contribution in [3.8, 4) is 11.5 Å². The zero-order valence-corrected chi connectivity index (χ0v) is 17.5. The van der Waals surface area contributed by atoms with Gasteiger partial charge in [-0.2, -0.15) is 0 Å². The topological polar surface area (TPSA) is 71.1 Å². The molecule has 1 aliphatic rings. The average Bonchev–Trinajstić information content (AvgIpc) is 2.64. The molecule has 8 heteroatoms. The fraction of sp³-hybridized carbons (Fsp3) is 0.238. The van der Waals surface area contributed by atoms with Crippen molar-refractivity contribution in [2.75, 3.05) is 7.11 Å². The van der Waals surface area contributed by atoms with Crippen LogP contribution in [-0.2, 0) is 25.7 Å². The van der Waals surface area contributed by atoms with Gasteiger partial charge in [-0.05, 0) is 35.9 Å². The summed E-state index contributed by atoms with van der Waals surface area (Å²) in [5, 5.41) is 0.991. The molecule has 29 heavy (non-hydrogen) atoms. The van der Waals surface area contributed by atoms with E-state index in [0.29, 0.717) is 32.7 Å². The van der Waals surface area contributed by atoms with Gasteiger partial charge in [0, 0.05) is 29.5 Å². The number of esters is 2. The summed E-state index contributed by atoms with van der Waals surface area (Å²) in [7, 11) is 1.48. The summed E-state index contributed by atoms with van der Waals surface area (Å²) in [5.41, 5.74) is 0.982. The SMILES string of the molecule is COc1cc(C=C2C(=O)OC(C)(C)OC2=O)ccc1OCc1c(Cl)cccc1Cl. The van der Waals surface area contributed by atoms with E-state index in [1.54, 1.807) is 36.4 Å². The third kappa shape index (κ3) is 4.83. The van der Waals surface area contributed by atoms with E-state index < -0.39 is 17.7 Å². The quantitative estimate of drug-likeness (QED) is 0.380. The van der Waals surface area contributed by atoms with Crippen LogP contribution in [0, 0.1) is 0 Å². The normalized spacial score (nSPS) is 15.4. The van der Waals surface area contributed by atoms with Gasteiger partial charge in [-0.25, -0.2) is 9.59 Å². The monoisotopic (exact) mass is 436 g/mol. The van der Waals surface area contributed by atoms with Gasteiger partial charge in [-0.3, -0.25) is 0 Å². The molecule has 0 bridgehead atoms. The summed E-state index contributed by atoms with van der Waals surface area (Å²) in [6.07, 6.45) is 1.37. The fourth-order valence-corrected chi connectivity index (χ4v) is 3.17. The maximum absolute atomic E-state index is 12.1. The third-order valence-electron chi connectivity index (χ3n) is 4.05. The molecule has 0 atom stereocenters. The summed E-state index contributed by atoms with van der Waals surface area (Å²) in [5.74, 6) is -1.94. The fourth-order valence-electron chi connectivity index (χ4n) is 2.66. The van der Waals surface area contributed by atoms with Gasteiger partial charge in [0.05, 0.1) is 7.11 Å². The van der Waals surface area contributed by atoms with E-state index in [-0.39, 0.29) is 12.2 Å². The number of hydrogen-bond donors (Lipinski definition) is 0. The lowest BCUT2D eigenvalue weighted by Crippen LogP contribution is -2.41. The molecule has 0 N–H and O–H groups in total. The van der Waals surface area contributed by atoms with Crippen molar-refractivity contribution in [2.24, 2.45) is 0 Å². The number of hydrogen-bond acceptors (Lipinski definition) is 6. The number of rotatable bonds is 5. The van der Waals surface area contributed by atoms with E-state index in [1.807, 2.05) is 0 Å². The molecule has 0 unspecified atom stereocenters. The summed E-state index contributed by atoms with van der Waals surface area (Å²) in [4.78, 5) is 24.2. The first kappa shape index (κ1) is 21.0. The minimum atomic E-state index is -1.29. The maximum Gasteiger partial charge on any atom is 0.348 e. The van der Waals surface area contributed by atoms with Gasteiger partial charge in [0.2, 0.25) is 0 Å². The molecule has 1 fully saturated rings. The highest BCUT2D eigenvalue weighted by molar-refractivity contribution is 6.35. The lowest BCUT2D eigenvalue weighted by atomic mass is 10.1. The number of carbonyl (C=O) groups is 2. The van der Waals surface area contributed by atoms with Gasteiger partial charge in [0.25, 0.3) is 5.79 Å². The summed E-state index contributed by atoms with van der Waals surface area (Å²) in [6.45, 7) is 3.11. The summed E-state index contributed by atoms with van der Waals surface area (Å²) >= 11 is 12.3. The molecule has 0 radical (unpaired) electrons. The second kappa shape index (κ2) is 8.35. The predicted octanol–water partition coefficient (Wildman–Crippen LogP) is 4.80. The van der Waals surface area contributed by atoms with Gasteiger partial charge in [0.1, 0.15) is 12.2 Å². The molecule has 0 spiro atoms. The number of halogens is 2. The first-order valence-corrected chi connectivity index (χ1v) is 9.38. The largest absolute Gasteiger partial charge is 0.493 e. The van der Waals surface area contributed by atoms with Gasteiger partial charge in [-0.15, -0.1) is 0 Å². The highest BCUT2D eigenvalue weighted by atomic mass is 35.5. The van der Waals surface area contributed by atoms with Crippen LogP contribution in [0.5, 0.6) is 11.5 Å². The van der Waals surface area contributed by atoms with Crippen LogP contribution >= 0.6 is 23.2 Å². The molecule has 2 aromatic rings. The van der Waals surface area contributed by atoms with Crippen molar-refractivity contribution in [1.82, 2.24) is 0 Å². The molecule has 2 aromatic carbocycles. The lowest BCUT2D eigenvalue weighted by Gasteiger charge is -2.29. The van der Waals surface area contributed by atoms with Crippen molar-refractivity contribution in [1.29, 1.82) is 0 Å². The van der Waals surface area contributed by atoms with Crippen LogP contribution in [0.15, 0.2) is 42.0 Å². The smallest absolute Gasteiger partial charge is 0.348 e. The Hall–Kier alpha value is -2.70. The van der Waals surface area contributed by atoms with Crippen molar-refractivity contribution in [3.63, 3.8) is 0 Å². The molecule has 0 amide bonds. The summed E-state index contributed by atoms with van der Waals surface area (Å²) < 4.78 is 21.3. The van der Waals surface area contributed by atoms with Crippen molar-refractivity contribution >= 4 is 41.2 Å². The van der Waals surface area contributed by atoms with E-state index >= 15 is 0 Å².